The molecule has 0 aliphatic carbocycles. The van der Waals surface area contributed by atoms with E-state index in [4.69, 9.17) is 0 Å². The van der Waals surface area contributed by atoms with Crippen LogP contribution in [0, 0.1) is 37.3 Å². The monoisotopic (exact) mass is 474 g/mol. The molecule has 35 heavy (non-hydrogen) atoms. The van der Waals surface area contributed by atoms with E-state index < -0.39 is 11.6 Å². The van der Waals surface area contributed by atoms with Crippen molar-refractivity contribution in [2.75, 3.05) is 31.1 Å². The number of rotatable bonds is 3. The molecule has 4 aromatic rings. The van der Waals surface area contributed by atoms with E-state index in [1.54, 1.807) is 12.3 Å². The molecule has 2 aliphatic heterocycles. The molecule has 0 saturated carbocycles. The normalized spacial score (nSPS) is 19.5. The zero-order valence-corrected chi connectivity index (χ0v) is 19.4. The van der Waals surface area contributed by atoms with Crippen LogP contribution in [-0.4, -0.2) is 56.3 Å². The van der Waals surface area contributed by atoms with Crippen molar-refractivity contribution in [1.29, 1.82) is 0 Å². The van der Waals surface area contributed by atoms with E-state index in [0.29, 0.717) is 41.6 Å². The number of fused-ring (bicyclic) bond motifs is 2. The molecular weight excluding hydrogens is 450 g/mol. The SMILES string of the molecule is Cc1cc(C)nc(N2C[C@H]3CN(C(=O)c4c(-c5ncccc5F)cn5cc(F)ccc45)C[C@H]3C2)n1. The maximum absolute atomic E-state index is 14.7. The molecule has 2 fully saturated rings. The lowest BCUT2D eigenvalue weighted by Gasteiger charge is -2.22. The first-order chi connectivity index (χ1) is 16.9. The van der Waals surface area contributed by atoms with Gasteiger partial charge in [-0.2, -0.15) is 0 Å². The highest BCUT2D eigenvalue weighted by molar-refractivity contribution is 6.07. The van der Waals surface area contributed by atoms with E-state index in [0.717, 1.165) is 30.4 Å². The molecule has 2 saturated heterocycles. The Hall–Kier alpha value is -3.88. The highest BCUT2D eigenvalue weighted by Gasteiger charge is 2.43. The Kier molecular flexibility index (Phi) is 5.01. The van der Waals surface area contributed by atoms with Gasteiger partial charge in [0.25, 0.3) is 5.91 Å². The lowest BCUT2D eigenvalue weighted by Crippen LogP contribution is -2.34. The fourth-order valence-corrected chi connectivity index (χ4v) is 5.47. The van der Waals surface area contributed by atoms with Gasteiger partial charge in [0, 0.05) is 73.6 Å². The minimum Gasteiger partial charge on any atom is -0.340 e. The number of hydrogen-bond acceptors (Lipinski definition) is 5. The third-order valence-corrected chi connectivity index (χ3v) is 6.99. The van der Waals surface area contributed by atoms with Crippen molar-refractivity contribution in [1.82, 2.24) is 24.3 Å². The molecule has 0 spiro atoms. The van der Waals surface area contributed by atoms with Crippen molar-refractivity contribution in [3.05, 3.63) is 77.5 Å². The standard InChI is InChI=1S/C26H24F2N6O/c1-15-8-16(2)31-26(30-15)34-11-17-9-33(10-18(17)12-34)25(35)23-20(24-21(28)4-3-7-29-24)14-32-13-19(27)5-6-22(23)32/h3-8,13-14,17-18H,9-12H2,1-2H3/t17-,18+. The summed E-state index contributed by atoms with van der Waals surface area (Å²) in [7, 11) is 0. The highest BCUT2D eigenvalue weighted by Crippen LogP contribution is 2.36. The number of likely N-dealkylation sites (tertiary alicyclic amines) is 1. The van der Waals surface area contributed by atoms with Crippen LogP contribution in [0.4, 0.5) is 14.7 Å². The molecule has 0 bridgehead atoms. The minimum atomic E-state index is -0.527. The number of anilines is 1. The molecule has 7 nitrogen and oxygen atoms in total. The summed E-state index contributed by atoms with van der Waals surface area (Å²) in [5.74, 6) is 0.171. The summed E-state index contributed by atoms with van der Waals surface area (Å²) in [5.41, 5.74) is 3.19. The molecule has 2 atom stereocenters. The fraction of sp³-hybridized carbons (Fsp3) is 0.308. The number of amides is 1. The van der Waals surface area contributed by atoms with Crippen molar-refractivity contribution in [3.63, 3.8) is 0 Å². The average molecular weight is 475 g/mol. The van der Waals surface area contributed by atoms with Gasteiger partial charge in [-0.3, -0.25) is 9.78 Å². The molecule has 6 rings (SSSR count). The van der Waals surface area contributed by atoms with Crippen LogP contribution in [0.1, 0.15) is 21.7 Å². The van der Waals surface area contributed by atoms with Gasteiger partial charge in [0.15, 0.2) is 0 Å². The molecule has 4 aromatic heterocycles. The van der Waals surface area contributed by atoms with Crippen LogP contribution in [-0.2, 0) is 0 Å². The lowest BCUT2D eigenvalue weighted by atomic mass is 10.0. The number of halogens is 2. The van der Waals surface area contributed by atoms with Gasteiger partial charge in [0.1, 0.15) is 17.3 Å². The zero-order chi connectivity index (χ0) is 24.3. The zero-order valence-electron chi connectivity index (χ0n) is 19.4. The van der Waals surface area contributed by atoms with E-state index in [1.807, 2.05) is 24.8 Å². The van der Waals surface area contributed by atoms with Crippen LogP contribution < -0.4 is 4.90 Å². The Morgan fingerprint density at radius 3 is 2.37 bits per heavy atom. The van der Waals surface area contributed by atoms with Crippen molar-refractivity contribution in [2.45, 2.75) is 13.8 Å². The molecule has 0 unspecified atom stereocenters. The van der Waals surface area contributed by atoms with Crippen LogP contribution in [0.25, 0.3) is 16.8 Å². The number of pyridine rings is 2. The van der Waals surface area contributed by atoms with E-state index in [2.05, 4.69) is 19.9 Å². The van der Waals surface area contributed by atoms with Crippen LogP contribution in [0.15, 0.2) is 48.9 Å². The number of nitrogens with zero attached hydrogens (tertiary/aromatic N) is 6. The third-order valence-electron chi connectivity index (χ3n) is 6.99. The summed E-state index contributed by atoms with van der Waals surface area (Å²) >= 11 is 0. The first-order valence-electron chi connectivity index (χ1n) is 11.6. The van der Waals surface area contributed by atoms with Crippen LogP contribution >= 0.6 is 0 Å². The second-order valence-electron chi connectivity index (χ2n) is 9.48. The molecule has 178 valence electrons. The lowest BCUT2D eigenvalue weighted by molar-refractivity contribution is 0.0785. The van der Waals surface area contributed by atoms with Crippen LogP contribution in [0.3, 0.4) is 0 Å². The van der Waals surface area contributed by atoms with Gasteiger partial charge in [0.2, 0.25) is 5.95 Å². The molecular formula is C26H24F2N6O. The quantitative estimate of drug-likeness (QED) is 0.451. The Labute approximate surface area is 201 Å². The fourth-order valence-electron chi connectivity index (χ4n) is 5.47. The Morgan fingerprint density at radius 2 is 1.69 bits per heavy atom. The molecule has 0 radical (unpaired) electrons. The van der Waals surface area contributed by atoms with Gasteiger partial charge in [0.05, 0.1) is 11.1 Å². The van der Waals surface area contributed by atoms with E-state index in [1.165, 1.54) is 35.0 Å². The number of carbonyl (C=O) groups is 1. The summed E-state index contributed by atoms with van der Waals surface area (Å²) in [5, 5.41) is 0. The smallest absolute Gasteiger partial charge is 0.256 e. The molecule has 6 heterocycles. The average Bonchev–Trinajstić information content (AvgIpc) is 3.49. The highest BCUT2D eigenvalue weighted by atomic mass is 19.1. The van der Waals surface area contributed by atoms with Gasteiger partial charge in [-0.1, -0.05) is 0 Å². The first kappa shape index (κ1) is 21.6. The van der Waals surface area contributed by atoms with Crippen molar-refractivity contribution in [3.8, 4) is 11.3 Å². The first-order valence-corrected chi connectivity index (χ1v) is 11.6. The van der Waals surface area contributed by atoms with Gasteiger partial charge in [-0.25, -0.2) is 18.7 Å². The second-order valence-corrected chi connectivity index (χ2v) is 9.48. The maximum Gasteiger partial charge on any atom is 0.256 e. The summed E-state index contributed by atoms with van der Waals surface area (Å²) in [6.07, 6.45) is 4.35. The number of hydrogen-bond donors (Lipinski definition) is 0. The predicted octanol–water partition coefficient (Wildman–Crippen LogP) is 3.89. The van der Waals surface area contributed by atoms with E-state index in [-0.39, 0.29) is 11.6 Å². The van der Waals surface area contributed by atoms with Crippen molar-refractivity contribution >= 4 is 17.4 Å². The van der Waals surface area contributed by atoms with Gasteiger partial charge in [-0.05, 0) is 44.2 Å². The molecule has 9 heteroatoms. The van der Waals surface area contributed by atoms with Gasteiger partial charge >= 0.3 is 0 Å². The topological polar surface area (TPSA) is 66.6 Å². The number of aryl methyl sites for hydroxylation is 2. The Morgan fingerprint density at radius 1 is 0.971 bits per heavy atom. The molecule has 0 aromatic carbocycles. The second kappa shape index (κ2) is 8.11. The minimum absolute atomic E-state index is 0.0810. The summed E-state index contributed by atoms with van der Waals surface area (Å²) < 4.78 is 30.1. The van der Waals surface area contributed by atoms with Crippen LogP contribution in [0.2, 0.25) is 0 Å². The number of aromatic nitrogens is 4. The molecule has 0 N–H and O–H groups in total. The Balaban J connectivity index is 1.30. The van der Waals surface area contributed by atoms with Gasteiger partial charge in [-0.15, -0.1) is 0 Å². The summed E-state index contributed by atoms with van der Waals surface area (Å²) in [6.45, 7) is 6.67. The third kappa shape index (κ3) is 3.71. The van der Waals surface area contributed by atoms with Gasteiger partial charge < -0.3 is 14.2 Å². The number of carbonyl (C=O) groups excluding carboxylic acids is 1. The molecule has 2 aliphatic rings. The van der Waals surface area contributed by atoms with E-state index >= 15 is 0 Å². The van der Waals surface area contributed by atoms with Crippen LogP contribution in [0.5, 0.6) is 0 Å². The Bertz CT molecular complexity index is 1430. The van der Waals surface area contributed by atoms with Crippen molar-refractivity contribution in [2.24, 2.45) is 11.8 Å². The summed E-state index contributed by atoms with van der Waals surface area (Å²) in [6, 6.07) is 7.64. The van der Waals surface area contributed by atoms with E-state index in [9.17, 15) is 13.6 Å². The molecule has 1 amide bonds. The summed E-state index contributed by atoms with van der Waals surface area (Å²) in [4.78, 5) is 31.2. The largest absolute Gasteiger partial charge is 0.340 e. The predicted molar refractivity (Wildman–Crippen MR) is 127 cm³/mol. The maximum atomic E-state index is 14.7. The van der Waals surface area contributed by atoms with Crippen molar-refractivity contribution < 1.29 is 13.6 Å².